The van der Waals surface area contributed by atoms with Gasteiger partial charge < -0.3 is 19.9 Å². The maximum absolute atomic E-state index is 12.3. The molecule has 0 aliphatic carbocycles. The minimum atomic E-state index is -0.591. The number of rotatable bonds is 10. The lowest BCUT2D eigenvalue weighted by Crippen LogP contribution is -2.50. The number of nitrogens with one attached hydrogen (secondary N) is 1. The third-order valence-corrected chi connectivity index (χ3v) is 5.88. The van der Waals surface area contributed by atoms with E-state index in [2.05, 4.69) is 15.1 Å². The molecule has 1 aliphatic rings. The molecule has 1 fully saturated rings. The maximum atomic E-state index is 12.3. The van der Waals surface area contributed by atoms with Crippen LogP contribution >= 0.6 is 0 Å². The molecule has 0 radical (unpaired) electrons. The van der Waals surface area contributed by atoms with E-state index in [0.29, 0.717) is 18.8 Å². The minimum Gasteiger partial charge on any atom is -0.491 e. The van der Waals surface area contributed by atoms with E-state index in [9.17, 15) is 9.90 Å². The molecule has 3 aromatic carbocycles. The molecule has 1 atom stereocenters. The Morgan fingerprint density at radius 3 is 2.14 bits per heavy atom. The van der Waals surface area contributed by atoms with Crippen molar-refractivity contribution >= 4 is 11.6 Å². The second-order valence-electron chi connectivity index (χ2n) is 8.84. The minimum absolute atomic E-state index is 0.00377. The summed E-state index contributed by atoms with van der Waals surface area (Å²) in [5.41, 5.74) is 1.98. The molecule has 0 unspecified atom stereocenters. The van der Waals surface area contributed by atoms with Gasteiger partial charge in [0.25, 0.3) is 0 Å². The SMILES string of the molecule is Cc1ccc(NC(=O)CN2CCN(C[C@@H](O)COc3ccc(Oc4ccccc4)cc3)CC2)cc1. The Morgan fingerprint density at radius 2 is 1.46 bits per heavy atom. The van der Waals surface area contributed by atoms with Gasteiger partial charge in [0.05, 0.1) is 6.54 Å². The number of aliphatic hydroxyl groups excluding tert-OH is 1. The van der Waals surface area contributed by atoms with E-state index in [0.717, 1.165) is 48.9 Å². The summed E-state index contributed by atoms with van der Waals surface area (Å²) < 4.78 is 11.5. The van der Waals surface area contributed by atoms with Gasteiger partial charge in [-0.25, -0.2) is 0 Å². The van der Waals surface area contributed by atoms with Crippen molar-refractivity contribution in [1.82, 2.24) is 9.80 Å². The second kappa shape index (κ2) is 12.4. The second-order valence-corrected chi connectivity index (χ2v) is 8.84. The van der Waals surface area contributed by atoms with Gasteiger partial charge in [0.2, 0.25) is 5.91 Å². The molecule has 35 heavy (non-hydrogen) atoms. The number of nitrogens with zero attached hydrogens (tertiary/aromatic N) is 2. The number of hydrogen-bond acceptors (Lipinski definition) is 6. The number of β-amino-alcohol motifs (C(OH)–C–C–N with tert-alkyl or cyclic N) is 1. The van der Waals surface area contributed by atoms with E-state index in [1.54, 1.807) is 0 Å². The molecule has 1 heterocycles. The number of benzene rings is 3. The molecule has 4 rings (SSSR count). The van der Waals surface area contributed by atoms with Crippen LogP contribution in [0.25, 0.3) is 0 Å². The summed E-state index contributed by atoms with van der Waals surface area (Å²) >= 11 is 0. The Hall–Kier alpha value is -3.39. The summed E-state index contributed by atoms with van der Waals surface area (Å²) in [6, 6.07) is 24.8. The van der Waals surface area contributed by atoms with E-state index in [4.69, 9.17) is 9.47 Å². The molecule has 0 saturated carbocycles. The number of piperazine rings is 1. The molecule has 7 nitrogen and oxygen atoms in total. The predicted octanol–water partition coefficient (Wildman–Crippen LogP) is 3.78. The number of carbonyl (C=O) groups excluding carboxylic acids is 1. The summed E-state index contributed by atoms with van der Waals surface area (Å²) in [7, 11) is 0. The molecular weight excluding hydrogens is 442 g/mol. The highest BCUT2D eigenvalue weighted by molar-refractivity contribution is 5.92. The summed E-state index contributed by atoms with van der Waals surface area (Å²) in [5, 5.41) is 13.4. The van der Waals surface area contributed by atoms with Crippen molar-refractivity contribution in [3.63, 3.8) is 0 Å². The number of aliphatic hydroxyl groups is 1. The number of amides is 1. The number of hydrogen-bond donors (Lipinski definition) is 2. The third kappa shape index (κ3) is 8.10. The molecule has 1 amide bonds. The van der Waals surface area contributed by atoms with Gasteiger partial charge in [-0.2, -0.15) is 0 Å². The van der Waals surface area contributed by atoms with E-state index >= 15 is 0 Å². The van der Waals surface area contributed by atoms with Crippen LogP contribution in [-0.2, 0) is 4.79 Å². The van der Waals surface area contributed by atoms with Crippen molar-refractivity contribution in [2.45, 2.75) is 13.0 Å². The average Bonchev–Trinajstić information content (AvgIpc) is 2.87. The summed E-state index contributed by atoms with van der Waals surface area (Å²) in [6.07, 6.45) is -0.591. The first-order valence-corrected chi connectivity index (χ1v) is 12.0. The summed E-state index contributed by atoms with van der Waals surface area (Å²) in [6.45, 7) is 6.35. The first-order valence-electron chi connectivity index (χ1n) is 12.0. The topological polar surface area (TPSA) is 74.3 Å². The Morgan fingerprint density at radius 1 is 0.857 bits per heavy atom. The van der Waals surface area contributed by atoms with E-state index in [1.165, 1.54) is 0 Å². The van der Waals surface area contributed by atoms with Gasteiger partial charge in [-0.1, -0.05) is 35.9 Å². The highest BCUT2D eigenvalue weighted by Gasteiger charge is 2.21. The van der Waals surface area contributed by atoms with Crippen LogP contribution in [0.2, 0.25) is 0 Å². The van der Waals surface area contributed by atoms with Gasteiger partial charge in [-0.05, 0) is 55.5 Å². The molecule has 0 bridgehead atoms. The number of ether oxygens (including phenoxy) is 2. The first-order chi connectivity index (χ1) is 17.0. The zero-order valence-electron chi connectivity index (χ0n) is 20.1. The van der Waals surface area contributed by atoms with Crippen molar-refractivity contribution in [1.29, 1.82) is 0 Å². The lowest BCUT2D eigenvalue weighted by molar-refractivity contribution is -0.117. The van der Waals surface area contributed by atoms with Crippen LogP contribution in [0.1, 0.15) is 5.56 Å². The molecule has 2 N–H and O–H groups in total. The van der Waals surface area contributed by atoms with Crippen molar-refractivity contribution in [2.75, 3.05) is 51.2 Å². The van der Waals surface area contributed by atoms with Crippen LogP contribution in [0.4, 0.5) is 5.69 Å². The van der Waals surface area contributed by atoms with Gasteiger partial charge in [0.1, 0.15) is 30.0 Å². The van der Waals surface area contributed by atoms with Crippen LogP contribution in [0, 0.1) is 6.92 Å². The Balaban J connectivity index is 1.12. The first kappa shape index (κ1) is 24.7. The third-order valence-electron chi connectivity index (χ3n) is 5.88. The van der Waals surface area contributed by atoms with Crippen LogP contribution in [0.15, 0.2) is 78.9 Å². The van der Waals surface area contributed by atoms with Crippen molar-refractivity contribution in [2.24, 2.45) is 0 Å². The Kier molecular flexibility index (Phi) is 8.73. The fraction of sp³-hybridized carbons (Fsp3) is 0.321. The molecule has 1 aliphatic heterocycles. The predicted molar refractivity (Wildman–Crippen MR) is 137 cm³/mol. The van der Waals surface area contributed by atoms with Crippen LogP contribution in [0.3, 0.4) is 0 Å². The highest BCUT2D eigenvalue weighted by Crippen LogP contribution is 2.23. The van der Waals surface area contributed by atoms with Gasteiger partial charge in [-0.3, -0.25) is 14.6 Å². The summed E-state index contributed by atoms with van der Waals surface area (Å²) in [5.74, 6) is 2.20. The summed E-state index contributed by atoms with van der Waals surface area (Å²) in [4.78, 5) is 16.7. The maximum Gasteiger partial charge on any atom is 0.238 e. The zero-order chi connectivity index (χ0) is 24.5. The Bertz CT molecular complexity index is 1050. The smallest absolute Gasteiger partial charge is 0.238 e. The van der Waals surface area contributed by atoms with Gasteiger partial charge in [-0.15, -0.1) is 0 Å². The number of carbonyl (C=O) groups is 1. The molecule has 0 spiro atoms. The van der Waals surface area contributed by atoms with Crippen molar-refractivity contribution < 1.29 is 19.4 Å². The molecule has 1 saturated heterocycles. The van der Waals surface area contributed by atoms with Crippen LogP contribution in [-0.4, -0.2) is 72.8 Å². The number of para-hydroxylation sites is 1. The van der Waals surface area contributed by atoms with E-state index in [1.807, 2.05) is 85.8 Å². The zero-order valence-corrected chi connectivity index (χ0v) is 20.1. The fourth-order valence-electron chi connectivity index (χ4n) is 3.94. The molecular formula is C28H33N3O4. The molecule has 3 aromatic rings. The average molecular weight is 476 g/mol. The molecule has 7 heteroatoms. The van der Waals surface area contributed by atoms with Crippen LogP contribution in [0.5, 0.6) is 17.2 Å². The van der Waals surface area contributed by atoms with Gasteiger partial charge >= 0.3 is 0 Å². The van der Waals surface area contributed by atoms with Gasteiger partial charge in [0.15, 0.2) is 0 Å². The standard InChI is InChI=1S/C28H33N3O4/c1-22-7-9-23(10-8-22)29-28(33)20-31-17-15-30(16-18-31)19-24(32)21-34-25-11-13-27(14-12-25)35-26-5-3-2-4-6-26/h2-14,24,32H,15-21H2,1H3,(H,29,33)/t24-/m1/s1. The quantitative estimate of drug-likeness (QED) is 0.465. The fourth-order valence-corrected chi connectivity index (χ4v) is 3.94. The van der Waals surface area contributed by atoms with Crippen molar-refractivity contribution in [3.05, 3.63) is 84.4 Å². The number of anilines is 1. The Labute approximate surface area is 206 Å². The van der Waals surface area contributed by atoms with E-state index in [-0.39, 0.29) is 12.5 Å². The van der Waals surface area contributed by atoms with Crippen LogP contribution < -0.4 is 14.8 Å². The normalized spacial score (nSPS) is 15.4. The largest absolute Gasteiger partial charge is 0.491 e. The highest BCUT2D eigenvalue weighted by atomic mass is 16.5. The van der Waals surface area contributed by atoms with Crippen molar-refractivity contribution in [3.8, 4) is 17.2 Å². The monoisotopic (exact) mass is 475 g/mol. The molecule has 0 aromatic heterocycles. The van der Waals surface area contributed by atoms with E-state index < -0.39 is 6.10 Å². The lowest BCUT2D eigenvalue weighted by Gasteiger charge is -2.35. The van der Waals surface area contributed by atoms with Gasteiger partial charge in [0, 0.05) is 38.4 Å². The lowest BCUT2D eigenvalue weighted by atomic mass is 10.2. The molecule has 184 valence electrons. The number of aryl methyl sites for hydroxylation is 1.